The van der Waals surface area contributed by atoms with Crippen molar-refractivity contribution in [2.45, 2.75) is 50.2 Å². The zero-order valence-electron chi connectivity index (χ0n) is 10.3. The van der Waals surface area contributed by atoms with Crippen molar-refractivity contribution in [2.75, 3.05) is 4.90 Å². The third-order valence-corrected chi connectivity index (χ3v) is 5.44. The highest BCUT2D eigenvalue weighted by Crippen LogP contribution is 2.39. The summed E-state index contributed by atoms with van der Waals surface area (Å²) < 4.78 is 0.965. The Morgan fingerprint density at radius 3 is 2.50 bits per heavy atom. The lowest BCUT2D eigenvalue weighted by atomic mass is 9.81. The van der Waals surface area contributed by atoms with Gasteiger partial charge >= 0.3 is 0 Å². The van der Waals surface area contributed by atoms with Crippen molar-refractivity contribution >= 4 is 33.2 Å². The third kappa shape index (κ3) is 2.28. The largest absolute Gasteiger partial charge is 0.365 e. The van der Waals surface area contributed by atoms with Gasteiger partial charge in [-0.25, -0.2) is 0 Å². The zero-order chi connectivity index (χ0) is 12.7. The number of piperidine rings is 2. The van der Waals surface area contributed by atoms with Crippen LogP contribution in [0.1, 0.15) is 32.1 Å². The highest BCUT2D eigenvalue weighted by Gasteiger charge is 2.37. The minimum absolute atomic E-state index is 0.377. The van der Waals surface area contributed by atoms with E-state index in [0.29, 0.717) is 18.1 Å². The Labute approximate surface area is 122 Å². The number of fused-ring (bicyclic) bond motifs is 2. The van der Waals surface area contributed by atoms with Crippen LogP contribution in [0.4, 0.5) is 5.69 Å². The Morgan fingerprint density at radius 2 is 1.89 bits per heavy atom. The molecule has 2 N–H and O–H groups in total. The van der Waals surface area contributed by atoms with Gasteiger partial charge in [0.2, 0.25) is 0 Å². The van der Waals surface area contributed by atoms with Crippen molar-refractivity contribution in [2.24, 2.45) is 5.73 Å². The Morgan fingerprint density at radius 1 is 1.22 bits per heavy atom. The Balaban J connectivity index is 1.92. The fourth-order valence-electron chi connectivity index (χ4n) is 3.49. The minimum atomic E-state index is 0.377. The van der Waals surface area contributed by atoms with Crippen LogP contribution in [0.2, 0.25) is 5.02 Å². The van der Waals surface area contributed by atoms with Crippen LogP contribution >= 0.6 is 27.5 Å². The average molecular weight is 330 g/mol. The first-order valence-electron chi connectivity index (χ1n) is 6.64. The number of rotatable bonds is 1. The molecule has 0 radical (unpaired) electrons. The molecule has 18 heavy (non-hydrogen) atoms. The van der Waals surface area contributed by atoms with E-state index in [1.807, 2.05) is 6.07 Å². The molecule has 2 saturated heterocycles. The van der Waals surface area contributed by atoms with Crippen LogP contribution in [0.15, 0.2) is 22.7 Å². The third-order valence-electron chi connectivity index (χ3n) is 4.21. The Kier molecular flexibility index (Phi) is 3.57. The summed E-state index contributed by atoms with van der Waals surface area (Å²) in [6.45, 7) is 0. The number of nitrogens with zero attached hydrogens (tertiary/aromatic N) is 1. The van der Waals surface area contributed by atoms with E-state index in [1.165, 1.54) is 24.9 Å². The molecule has 2 heterocycles. The van der Waals surface area contributed by atoms with E-state index in [1.54, 1.807) is 0 Å². The van der Waals surface area contributed by atoms with Crippen molar-refractivity contribution in [3.8, 4) is 0 Å². The van der Waals surface area contributed by atoms with Gasteiger partial charge in [-0.2, -0.15) is 0 Å². The standard InChI is InChI=1S/C14H18BrClN2/c15-13-5-4-12(8-14(13)16)18-10-2-1-3-11(18)7-9(17)6-10/h4-5,8-11H,1-3,6-7,17H2. The molecular weight excluding hydrogens is 312 g/mol. The minimum Gasteiger partial charge on any atom is -0.365 e. The van der Waals surface area contributed by atoms with Gasteiger partial charge in [-0.05, 0) is 66.2 Å². The van der Waals surface area contributed by atoms with Crippen LogP contribution in [-0.4, -0.2) is 18.1 Å². The molecule has 2 nitrogen and oxygen atoms in total. The first kappa shape index (κ1) is 12.8. The molecule has 0 aliphatic carbocycles. The number of hydrogen-bond acceptors (Lipinski definition) is 2. The first-order valence-corrected chi connectivity index (χ1v) is 7.81. The SMILES string of the molecule is NC1CC2CCCC(C1)N2c1ccc(Br)c(Cl)c1. The fourth-order valence-corrected chi connectivity index (χ4v) is 3.91. The predicted octanol–water partition coefficient (Wildman–Crippen LogP) is 3.95. The molecule has 2 aliphatic rings. The van der Waals surface area contributed by atoms with Crippen molar-refractivity contribution in [3.63, 3.8) is 0 Å². The highest BCUT2D eigenvalue weighted by molar-refractivity contribution is 9.10. The Bertz CT molecular complexity index is 437. The molecular formula is C14H18BrClN2. The van der Waals surface area contributed by atoms with Gasteiger partial charge in [0.25, 0.3) is 0 Å². The predicted molar refractivity (Wildman–Crippen MR) is 80.3 cm³/mol. The van der Waals surface area contributed by atoms with Crippen molar-refractivity contribution in [1.29, 1.82) is 0 Å². The van der Waals surface area contributed by atoms with E-state index in [-0.39, 0.29) is 0 Å². The van der Waals surface area contributed by atoms with E-state index in [4.69, 9.17) is 17.3 Å². The van der Waals surface area contributed by atoms with Gasteiger partial charge in [0, 0.05) is 28.3 Å². The van der Waals surface area contributed by atoms with Gasteiger partial charge < -0.3 is 10.6 Å². The number of benzene rings is 1. The van der Waals surface area contributed by atoms with Crippen LogP contribution in [0.3, 0.4) is 0 Å². The number of anilines is 1. The molecule has 2 aliphatic heterocycles. The monoisotopic (exact) mass is 328 g/mol. The molecule has 2 atom stereocenters. The highest BCUT2D eigenvalue weighted by atomic mass is 79.9. The normalized spacial score (nSPS) is 31.5. The molecule has 0 amide bonds. The van der Waals surface area contributed by atoms with E-state index in [2.05, 4.69) is 33.0 Å². The van der Waals surface area contributed by atoms with Crippen LogP contribution in [0, 0.1) is 0 Å². The van der Waals surface area contributed by atoms with E-state index in [9.17, 15) is 0 Å². The van der Waals surface area contributed by atoms with Crippen LogP contribution in [0.25, 0.3) is 0 Å². The second kappa shape index (κ2) is 5.03. The molecule has 4 heteroatoms. The summed E-state index contributed by atoms with van der Waals surface area (Å²) in [4.78, 5) is 2.56. The lowest BCUT2D eigenvalue weighted by Gasteiger charge is -2.49. The molecule has 0 spiro atoms. The maximum absolute atomic E-state index is 6.22. The number of halogens is 2. The summed E-state index contributed by atoms with van der Waals surface area (Å²) in [6, 6.07) is 7.87. The van der Waals surface area contributed by atoms with Crippen LogP contribution in [-0.2, 0) is 0 Å². The van der Waals surface area contributed by atoms with Gasteiger partial charge in [-0.15, -0.1) is 0 Å². The molecule has 98 valence electrons. The maximum Gasteiger partial charge on any atom is 0.0568 e. The van der Waals surface area contributed by atoms with Crippen molar-refractivity contribution in [3.05, 3.63) is 27.7 Å². The number of nitrogens with two attached hydrogens (primary N) is 1. The molecule has 1 aromatic rings. The molecule has 2 bridgehead atoms. The van der Waals surface area contributed by atoms with Gasteiger partial charge in [0.05, 0.1) is 5.02 Å². The van der Waals surface area contributed by atoms with E-state index < -0.39 is 0 Å². The van der Waals surface area contributed by atoms with Gasteiger partial charge in [0.1, 0.15) is 0 Å². The molecule has 0 aromatic heterocycles. The van der Waals surface area contributed by atoms with Gasteiger partial charge in [0.15, 0.2) is 0 Å². The molecule has 3 rings (SSSR count). The van der Waals surface area contributed by atoms with E-state index >= 15 is 0 Å². The van der Waals surface area contributed by atoms with Crippen LogP contribution < -0.4 is 10.6 Å². The lowest BCUT2D eigenvalue weighted by Crippen LogP contribution is -2.55. The smallest absolute Gasteiger partial charge is 0.0568 e. The van der Waals surface area contributed by atoms with Crippen LogP contribution in [0.5, 0.6) is 0 Å². The summed E-state index contributed by atoms with van der Waals surface area (Å²) >= 11 is 9.67. The van der Waals surface area contributed by atoms with Gasteiger partial charge in [-0.1, -0.05) is 11.6 Å². The summed E-state index contributed by atoms with van der Waals surface area (Å²) in [5, 5.41) is 0.792. The lowest BCUT2D eigenvalue weighted by molar-refractivity contribution is 0.271. The quantitative estimate of drug-likeness (QED) is 0.845. The summed E-state index contributed by atoms with van der Waals surface area (Å²) in [7, 11) is 0. The van der Waals surface area contributed by atoms with Gasteiger partial charge in [-0.3, -0.25) is 0 Å². The van der Waals surface area contributed by atoms with Crippen molar-refractivity contribution < 1.29 is 0 Å². The molecule has 2 unspecified atom stereocenters. The summed E-state index contributed by atoms with van der Waals surface area (Å²) in [6.07, 6.45) is 6.09. The molecule has 0 saturated carbocycles. The molecule has 1 aromatic carbocycles. The second-order valence-electron chi connectivity index (χ2n) is 5.48. The van der Waals surface area contributed by atoms with Crippen molar-refractivity contribution in [1.82, 2.24) is 0 Å². The second-order valence-corrected chi connectivity index (χ2v) is 6.74. The maximum atomic E-state index is 6.22. The zero-order valence-corrected chi connectivity index (χ0v) is 12.6. The van der Waals surface area contributed by atoms with E-state index in [0.717, 1.165) is 22.3 Å². The number of hydrogen-bond donors (Lipinski definition) is 1. The average Bonchev–Trinajstić information content (AvgIpc) is 2.32. The molecule has 2 fully saturated rings. The topological polar surface area (TPSA) is 29.3 Å². The summed E-state index contributed by atoms with van der Waals surface area (Å²) in [5.74, 6) is 0. The fraction of sp³-hybridized carbons (Fsp3) is 0.571. The Hall–Kier alpha value is -0.250. The first-order chi connectivity index (χ1) is 8.65. The summed E-state index contributed by atoms with van der Waals surface area (Å²) in [5.41, 5.74) is 7.41.